The topological polar surface area (TPSA) is 59.6 Å². The maximum Gasteiger partial charge on any atom is 0.193 e. The Morgan fingerprint density at radius 2 is 2.09 bits per heavy atom. The lowest BCUT2D eigenvalue weighted by Gasteiger charge is -2.61. The van der Waals surface area contributed by atoms with E-state index in [4.69, 9.17) is 15.5 Å². The van der Waals surface area contributed by atoms with Crippen molar-refractivity contribution in [2.24, 2.45) is 22.1 Å². The Morgan fingerprint density at radius 1 is 1.30 bits per heavy atom. The SMILES string of the molecule is Cc1ccc(NC(N)=NC2C3CCOC3C23CCC3)cc1C.I. The molecule has 5 heteroatoms. The molecule has 1 spiro atoms. The fourth-order valence-electron chi connectivity index (χ4n) is 4.54. The minimum Gasteiger partial charge on any atom is -0.377 e. The number of rotatable bonds is 2. The van der Waals surface area contributed by atoms with Crippen molar-refractivity contribution in [3.63, 3.8) is 0 Å². The second-order valence-electron chi connectivity index (χ2n) is 7.21. The Balaban J connectivity index is 0.00000156. The van der Waals surface area contributed by atoms with Crippen molar-refractivity contribution in [3.8, 4) is 0 Å². The number of aliphatic imine (C=N–C) groups is 1. The van der Waals surface area contributed by atoms with Gasteiger partial charge in [-0.15, -0.1) is 24.0 Å². The number of guanidine groups is 1. The summed E-state index contributed by atoms with van der Waals surface area (Å²) in [6.45, 7) is 5.13. The van der Waals surface area contributed by atoms with E-state index in [1.165, 1.54) is 30.4 Å². The summed E-state index contributed by atoms with van der Waals surface area (Å²) in [4.78, 5) is 4.85. The van der Waals surface area contributed by atoms with Crippen LogP contribution in [0.2, 0.25) is 0 Å². The third-order valence-electron chi connectivity index (χ3n) is 6.04. The van der Waals surface area contributed by atoms with Gasteiger partial charge in [0.25, 0.3) is 0 Å². The third-order valence-corrected chi connectivity index (χ3v) is 6.04. The Morgan fingerprint density at radius 3 is 2.74 bits per heavy atom. The zero-order valence-electron chi connectivity index (χ0n) is 13.8. The van der Waals surface area contributed by atoms with E-state index >= 15 is 0 Å². The van der Waals surface area contributed by atoms with Crippen molar-refractivity contribution in [1.29, 1.82) is 0 Å². The van der Waals surface area contributed by atoms with E-state index in [0.29, 0.717) is 29.4 Å². The predicted molar refractivity (Wildman–Crippen MR) is 104 cm³/mol. The average Bonchev–Trinajstić information content (AvgIpc) is 2.84. The summed E-state index contributed by atoms with van der Waals surface area (Å²) in [6.07, 6.45) is 5.39. The highest BCUT2D eigenvalue weighted by atomic mass is 127. The quantitative estimate of drug-likeness (QED) is 0.431. The molecule has 1 heterocycles. The predicted octanol–water partition coefficient (Wildman–Crippen LogP) is 3.61. The van der Waals surface area contributed by atoms with Crippen LogP contribution in [-0.4, -0.2) is 24.7 Å². The summed E-state index contributed by atoms with van der Waals surface area (Å²) in [7, 11) is 0. The molecule has 0 bridgehead atoms. The minimum atomic E-state index is 0. The van der Waals surface area contributed by atoms with E-state index in [2.05, 4.69) is 37.4 Å². The molecular formula is C18H26IN3O. The molecule has 3 fully saturated rings. The van der Waals surface area contributed by atoms with Gasteiger partial charge in [0.1, 0.15) is 0 Å². The zero-order valence-corrected chi connectivity index (χ0v) is 16.2. The number of nitrogens with one attached hydrogen (secondary N) is 1. The number of hydrogen-bond donors (Lipinski definition) is 2. The summed E-state index contributed by atoms with van der Waals surface area (Å²) in [5.74, 6) is 1.13. The van der Waals surface area contributed by atoms with E-state index in [0.717, 1.165) is 18.7 Å². The Bertz CT molecular complexity index is 627. The highest BCUT2D eigenvalue weighted by molar-refractivity contribution is 14.0. The number of anilines is 1. The lowest BCUT2D eigenvalue weighted by Crippen LogP contribution is -2.65. The summed E-state index contributed by atoms with van der Waals surface area (Å²) < 4.78 is 5.94. The number of ether oxygens (including phenoxy) is 1. The van der Waals surface area contributed by atoms with Crippen molar-refractivity contribution < 1.29 is 4.74 Å². The molecule has 0 aromatic heterocycles. The van der Waals surface area contributed by atoms with Crippen molar-refractivity contribution >= 4 is 35.6 Å². The lowest BCUT2D eigenvalue weighted by molar-refractivity contribution is -0.164. The molecule has 2 aliphatic carbocycles. The first-order valence-electron chi connectivity index (χ1n) is 8.39. The van der Waals surface area contributed by atoms with E-state index in [1.807, 2.05) is 0 Å². The molecule has 1 saturated heterocycles. The molecule has 3 aliphatic rings. The summed E-state index contributed by atoms with van der Waals surface area (Å²) in [5.41, 5.74) is 10.1. The number of halogens is 1. The van der Waals surface area contributed by atoms with Gasteiger partial charge in [-0.1, -0.05) is 12.5 Å². The summed E-state index contributed by atoms with van der Waals surface area (Å²) in [5, 5.41) is 3.26. The largest absolute Gasteiger partial charge is 0.377 e. The number of fused-ring (bicyclic) bond motifs is 2. The normalized spacial score (nSPS) is 30.9. The first kappa shape index (κ1) is 17.0. The molecule has 0 amide bonds. The van der Waals surface area contributed by atoms with Crippen LogP contribution >= 0.6 is 24.0 Å². The molecule has 0 radical (unpaired) electrons. The van der Waals surface area contributed by atoms with Crippen LogP contribution in [-0.2, 0) is 4.74 Å². The highest BCUT2D eigenvalue weighted by Gasteiger charge is 2.66. The van der Waals surface area contributed by atoms with Gasteiger partial charge in [-0.2, -0.15) is 0 Å². The van der Waals surface area contributed by atoms with Crippen molar-refractivity contribution in [2.75, 3.05) is 11.9 Å². The number of nitrogens with zero attached hydrogens (tertiary/aromatic N) is 1. The summed E-state index contributed by atoms with van der Waals surface area (Å²) >= 11 is 0. The molecule has 3 atom stereocenters. The molecule has 4 rings (SSSR count). The molecule has 1 aliphatic heterocycles. The maximum atomic E-state index is 6.18. The van der Waals surface area contributed by atoms with Gasteiger partial charge in [0.15, 0.2) is 5.96 Å². The number of hydrogen-bond acceptors (Lipinski definition) is 2. The third kappa shape index (κ3) is 2.65. The Hall–Kier alpha value is -0.820. The zero-order chi connectivity index (χ0) is 15.3. The van der Waals surface area contributed by atoms with Gasteiger partial charge in [0.2, 0.25) is 0 Å². The molecular weight excluding hydrogens is 401 g/mol. The van der Waals surface area contributed by atoms with Crippen LogP contribution in [0.3, 0.4) is 0 Å². The van der Waals surface area contributed by atoms with Gasteiger partial charge in [-0.05, 0) is 56.4 Å². The Labute approximate surface area is 155 Å². The smallest absolute Gasteiger partial charge is 0.193 e. The monoisotopic (exact) mass is 427 g/mol. The van der Waals surface area contributed by atoms with Gasteiger partial charge < -0.3 is 15.8 Å². The Kier molecular flexibility index (Phi) is 4.62. The van der Waals surface area contributed by atoms with Gasteiger partial charge in [0, 0.05) is 23.6 Å². The molecule has 126 valence electrons. The lowest BCUT2D eigenvalue weighted by atomic mass is 9.46. The maximum absolute atomic E-state index is 6.18. The first-order chi connectivity index (χ1) is 10.6. The van der Waals surface area contributed by atoms with Gasteiger partial charge in [0.05, 0.1) is 12.1 Å². The number of nitrogens with two attached hydrogens (primary N) is 1. The first-order valence-corrected chi connectivity index (χ1v) is 8.39. The van der Waals surface area contributed by atoms with E-state index in [9.17, 15) is 0 Å². The second kappa shape index (κ2) is 6.24. The fraction of sp³-hybridized carbons (Fsp3) is 0.611. The summed E-state index contributed by atoms with van der Waals surface area (Å²) in [6, 6.07) is 6.65. The van der Waals surface area contributed by atoms with Crippen LogP contribution in [0, 0.1) is 25.2 Å². The molecule has 4 nitrogen and oxygen atoms in total. The molecule has 1 aromatic rings. The van der Waals surface area contributed by atoms with Crippen molar-refractivity contribution in [3.05, 3.63) is 29.3 Å². The standard InChI is InChI=1S/C18H25N3O.HI/c1-11-4-5-13(10-12(11)2)20-17(19)21-15-14-6-9-22-16(14)18(15)7-3-8-18;/h4-5,10,14-16H,3,6-9H2,1-2H3,(H3,19,20,21);1H. The van der Waals surface area contributed by atoms with Crippen LogP contribution in [0.4, 0.5) is 5.69 Å². The highest BCUT2D eigenvalue weighted by Crippen LogP contribution is 2.64. The van der Waals surface area contributed by atoms with Crippen LogP contribution in [0.5, 0.6) is 0 Å². The minimum absolute atomic E-state index is 0. The van der Waals surface area contributed by atoms with Gasteiger partial charge in [-0.3, -0.25) is 0 Å². The second-order valence-corrected chi connectivity index (χ2v) is 7.21. The van der Waals surface area contributed by atoms with Crippen LogP contribution in [0.25, 0.3) is 0 Å². The van der Waals surface area contributed by atoms with Crippen LogP contribution in [0.15, 0.2) is 23.2 Å². The van der Waals surface area contributed by atoms with Crippen LogP contribution in [0.1, 0.15) is 36.8 Å². The van der Waals surface area contributed by atoms with Gasteiger partial charge in [-0.25, -0.2) is 4.99 Å². The molecule has 2 saturated carbocycles. The van der Waals surface area contributed by atoms with Gasteiger partial charge >= 0.3 is 0 Å². The molecule has 3 unspecified atom stereocenters. The van der Waals surface area contributed by atoms with E-state index < -0.39 is 0 Å². The van der Waals surface area contributed by atoms with Crippen molar-refractivity contribution in [2.45, 2.75) is 51.7 Å². The molecule has 1 aromatic carbocycles. The number of benzene rings is 1. The molecule has 3 N–H and O–H groups in total. The molecule has 23 heavy (non-hydrogen) atoms. The van der Waals surface area contributed by atoms with E-state index in [-0.39, 0.29) is 24.0 Å². The van der Waals surface area contributed by atoms with Crippen LogP contribution < -0.4 is 11.1 Å². The van der Waals surface area contributed by atoms with Crippen molar-refractivity contribution in [1.82, 2.24) is 0 Å². The average molecular weight is 427 g/mol. The fourth-order valence-corrected chi connectivity index (χ4v) is 4.54. The number of aryl methyl sites for hydroxylation is 2. The van der Waals surface area contributed by atoms with E-state index in [1.54, 1.807) is 0 Å².